The Kier molecular flexibility index (Phi) is 4.16. The van der Waals surface area contributed by atoms with Gasteiger partial charge in [0.2, 0.25) is 0 Å². The van der Waals surface area contributed by atoms with Crippen LogP contribution in [-0.2, 0) is 19.4 Å². The highest BCUT2D eigenvalue weighted by Crippen LogP contribution is 2.26. The number of primary amides is 1. The van der Waals surface area contributed by atoms with Crippen LogP contribution in [0.15, 0.2) is 41.3 Å². The van der Waals surface area contributed by atoms with Gasteiger partial charge < -0.3 is 10.3 Å². The Labute approximate surface area is 137 Å². The van der Waals surface area contributed by atoms with Gasteiger partial charge >= 0.3 is 0 Å². The number of nitro groups is 1. The van der Waals surface area contributed by atoms with Crippen LogP contribution in [-0.4, -0.2) is 15.4 Å². The van der Waals surface area contributed by atoms with Crippen LogP contribution >= 0.6 is 0 Å². The Morgan fingerprint density at radius 2 is 2.04 bits per heavy atom. The summed E-state index contributed by atoms with van der Waals surface area (Å²) in [4.78, 5) is 34.1. The van der Waals surface area contributed by atoms with Crippen LogP contribution in [0.5, 0.6) is 0 Å². The molecule has 1 aliphatic carbocycles. The molecule has 1 heterocycles. The second-order valence-electron chi connectivity index (χ2n) is 6.07. The van der Waals surface area contributed by atoms with E-state index >= 15 is 0 Å². The molecule has 2 N–H and O–H groups in total. The standard InChI is InChI=1S/C17H17N3O4/c18-16(21)15-8-14(20(23)24)10-19(17(15)22)9-11-5-6-12-3-1-2-4-13(12)7-11/h1-4,8,10-11H,5-7,9H2,(H2,18,21)/t11-/m1/s1. The molecule has 0 fully saturated rings. The number of aromatic nitrogens is 1. The van der Waals surface area contributed by atoms with Crippen molar-refractivity contribution in [3.8, 4) is 0 Å². The van der Waals surface area contributed by atoms with E-state index in [-0.39, 0.29) is 17.2 Å². The lowest BCUT2D eigenvalue weighted by molar-refractivity contribution is -0.385. The van der Waals surface area contributed by atoms with Crippen LogP contribution < -0.4 is 11.3 Å². The molecule has 3 rings (SSSR count). The average molecular weight is 327 g/mol. The number of pyridine rings is 1. The number of fused-ring (bicyclic) bond motifs is 1. The number of benzene rings is 1. The predicted molar refractivity (Wildman–Crippen MR) is 87.8 cm³/mol. The van der Waals surface area contributed by atoms with Gasteiger partial charge in [-0.25, -0.2) is 0 Å². The van der Waals surface area contributed by atoms with Crippen LogP contribution in [0.4, 0.5) is 5.69 Å². The van der Waals surface area contributed by atoms with Gasteiger partial charge in [0.1, 0.15) is 5.56 Å². The minimum atomic E-state index is -0.952. The molecule has 0 aliphatic heterocycles. The number of hydrogen-bond donors (Lipinski definition) is 1. The number of hydrogen-bond acceptors (Lipinski definition) is 4. The molecule has 7 heteroatoms. The zero-order valence-corrected chi connectivity index (χ0v) is 13.0. The summed E-state index contributed by atoms with van der Waals surface area (Å²) in [5.41, 5.74) is 6.49. The first-order valence-corrected chi connectivity index (χ1v) is 7.71. The van der Waals surface area contributed by atoms with Crippen molar-refractivity contribution in [1.29, 1.82) is 0 Å². The third-order valence-electron chi connectivity index (χ3n) is 4.45. The fourth-order valence-corrected chi connectivity index (χ4v) is 3.24. The maximum absolute atomic E-state index is 12.3. The number of nitrogens with two attached hydrogens (primary N) is 1. The van der Waals surface area contributed by atoms with Crippen molar-refractivity contribution in [1.82, 2.24) is 4.57 Å². The summed E-state index contributed by atoms with van der Waals surface area (Å²) in [6, 6.07) is 9.08. The van der Waals surface area contributed by atoms with Gasteiger partial charge in [0.05, 0.1) is 11.1 Å². The predicted octanol–water partition coefficient (Wildman–Crippen LogP) is 1.66. The summed E-state index contributed by atoms with van der Waals surface area (Å²) in [7, 11) is 0. The van der Waals surface area contributed by atoms with Crippen molar-refractivity contribution in [3.05, 3.63) is 73.7 Å². The number of amides is 1. The van der Waals surface area contributed by atoms with Crippen LogP contribution in [0, 0.1) is 16.0 Å². The molecule has 0 bridgehead atoms. The van der Waals surface area contributed by atoms with Gasteiger partial charge in [-0.2, -0.15) is 0 Å². The van der Waals surface area contributed by atoms with Crippen molar-refractivity contribution in [2.45, 2.75) is 25.8 Å². The molecule has 0 saturated heterocycles. The maximum Gasteiger partial charge on any atom is 0.286 e. The molecular weight excluding hydrogens is 310 g/mol. The number of nitrogens with zero attached hydrogens (tertiary/aromatic N) is 2. The number of carbonyl (C=O) groups excluding carboxylic acids is 1. The summed E-state index contributed by atoms with van der Waals surface area (Å²) < 4.78 is 1.25. The summed E-state index contributed by atoms with van der Waals surface area (Å²) in [6.07, 6.45) is 3.79. The van der Waals surface area contributed by atoms with Crippen molar-refractivity contribution in [2.75, 3.05) is 0 Å². The molecule has 1 aliphatic rings. The number of aryl methyl sites for hydroxylation is 1. The van der Waals surface area contributed by atoms with Crippen molar-refractivity contribution in [3.63, 3.8) is 0 Å². The second kappa shape index (κ2) is 6.27. The Morgan fingerprint density at radius 1 is 1.33 bits per heavy atom. The zero-order valence-electron chi connectivity index (χ0n) is 13.0. The fourth-order valence-electron chi connectivity index (χ4n) is 3.24. The molecule has 2 aromatic rings. The normalized spacial score (nSPS) is 16.4. The van der Waals surface area contributed by atoms with Crippen LogP contribution in [0.3, 0.4) is 0 Å². The Balaban J connectivity index is 1.92. The van der Waals surface area contributed by atoms with E-state index in [2.05, 4.69) is 12.1 Å². The highest BCUT2D eigenvalue weighted by molar-refractivity contribution is 5.92. The van der Waals surface area contributed by atoms with Crippen molar-refractivity contribution in [2.24, 2.45) is 11.7 Å². The molecule has 0 unspecified atom stereocenters. The minimum Gasteiger partial charge on any atom is -0.365 e. The lowest BCUT2D eigenvalue weighted by Gasteiger charge is -2.25. The van der Waals surface area contributed by atoms with Gasteiger partial charge in [0.15, 0.2) is 0 Å². The van der Waals surface area contributed by atoms with Gasteiger partial charge in [0.25, 0.3) is 17.2 Å². The first kappa shape index (κ1) is 15.9. The average Bonchev–Trinajstić information content (AvgIpc) is 2.56. The Morgan fingerprint density at radius 3 is 2.71 bits per heavy atom. The minimum absolute atomic E-state index is 0.181. The highest BCUT2D eigenvalue weighted by Gasteiger charge is 2.22. The second-order valence-corrected chi connectivity index (χ2v) is 6.07. The molecule has 0 saturated carbocycles. The summed E-state index contributed by atoms with van der Waals surface area (Å²) >= 11 is 0. The van der Waals surface area contributed by atoms with Gasteiger partial charge in [-0.15, -0.1) is 0 Å². The SMILES string of the molecule is NC(=O)c1cc([N+](=O)[O-])cn(C[C@@H]2CCc3ccccc3C2)c1=O. The Bertz CT molecular complexity index is 872. The van der Waals surface area contributed by atoms with Gasteiger partial charge in [-0.1, -0.05) is 24.3 Å². The van der Waals surface area contributed by atoms with Gasteiger partial charge in [-0.3, -0.25) is 19.7 Å². The summed E-state index contributed by atoms with van der Waals surface area (Å²) in [5, 5.41) is 11.0. The van der Waals surface area contributed by atoms with E-state index in [0.717, 1.165) is 25.3 Å². The lowest BCUT2D eigenvalue weighted by atomic mass is 9.84. The molecule has 0 radical (unpaired) electrons. The highest BCUT2D eigenvalue weighted by atomic mass is 16.6. The first-order valence-electron chi connectivity index (χ1n) is 7.71. The molecule has 1 aromatic carbocycles. The van der Waals surface area contributed by atoms with E-state index in [4.69, 9.17) is 5.73 Å². The topological polar surface area (TPSA) is 108 Å². The van der Waals surface area contributed by atoms with Crippen molar-refractivity contribution < 1.29 is 9.72 Å². The molecule has 24 heavy (non-hydrogen) atoms. The molecular formula is C17H17N3O4. The van der Waals surface area contributed by atoms with Crippen LogP contribution in [0.1, 0.15) is 27.9 Å². The largest absolute Gasteiger partial charge is 0.365 e. The van der Waals surface area contributed by atoms with E-state index in [1.54, 1.807) is 0 Å². The smallest absolute Gasteiger partial charge is 0.286 e. The number of rotatable bonds is 4. The molecule has 124 valence electrons. The van der Waals surface area contributed by atoms with E-state index in [1.807, 2.05) is 12.1 Å². The molecule has 1 amide bonds. The molecule has 1 aromatic heterocycles. The van der Waals surface area contributed by atoms with Crippen LogP contribution in [0.2, 0.25) is 0 Å². The van der Waals surface area contributed by atoms with Crippen molar-refractivity contribution >= 4 is 11.6 Å². The molecule has 0 spiro atoms. The summed E-state index contributed by atoms with van der Waals surface area (Å²) in [6.45, 7) is 0.328. The monoisotopic (exact) mass is 327 g/mol. The lowest BCUT2D eigenvalue weighted by Crippen LogP contribution is -2.32. The third-order valence-corrected chi connectivity index (χ3v) is 4.45. The van der Waals surface area contributed by atoms with E-state index in [9.17, 15) is 19.7 Å². The fraction of sp³-hybridized carbons (Fsp3) is 0.294. The van der Waals surface area contributed by atoms with Gasteiger partial charge in [0, 0.05) is 12.6 Å². The Hall–Kier alpha value is -2.96. The molecule has 7 nitrogen and oxygen atoms in total. The van der Waals surface area contributed by atoms with Gasteiger partial charge in [-0.05, 0) is 36.3 Å². The number of carbonyl (C=O) groups is 1. The van der Waals surface area contributed by atoms with Crippen LogP contribution in [0.25, 0.3) is 0 Å². The van der Waals surface area contributed by atoms with E-state index < -0.39 is 16.4 Å². The quantitative estimate of drug-likeness (QED) is 0.680. The molecule has 1 atom stereocenters. The van der Waals surface area contributed by atoms with E-state index in [0.29, 0.717) is 6.54 Å². The maximum atomic E-state index is 12.3. The third kappa shape index (κ3) is 3.05. The van der Waals surface area contributed by atoms with E-state index in [1.165, 1.54) is 21.9 Å². The summed E-state index contributed by atoms with van der Waals surface area (Å²) in [5.74, 6) is -0.772. The first-order chi connectivity index (χ1) is 11.5. The zero-order chi connectivity index (χ0) is 17.3.